The van der Waals surface area contributed by atoms with Gasteiger partial charge >= 0.3 is 0 Å². The highest BCUT2D eigenvalue weighted by atomic mass is 33.1. The first-order valence-electron chi connectivity index (χ1n) is 2.60. The minimum Gasteiger partial charge on any atom is -0.230 e. The van der Waals surface area contributed by atoms with Gasteiger partial charge in [0.15, 0.2) is 5.16 Å². The second-order valence-corrected chi connectivity index (χ2v) is 3.03. The summed E-state index contributed by atoms with van der Waals surface area (Å²) in [4.78, 5) is 7.99. The second-order valence-electron chi connectivity index (χ2n) is 1.62. The molecule has 0 fully saturated rings. The van der Waals surface area contributed by atoms with Crippen LogP contribution in [0.4, 0.5) is 0 Å². The quantitative estimate of drug-likeness (QED) is 0.423. The van der Waals surface area contributed by atoms with Gasteiger partial charge in [-0.15, -0.1) is 11.7 Å². The predicted octanol–water partition coefficient (Wildman–Crippen LogP) is 1.84. The highest BCUT2D eigenvalue weighted by Crippen LogP contribution is 2.15. The average Bonchev–Trinajstić information content (AvgIpc) is 2.05. The zero-order valence-corrected chi connectivity index (χ0v) is 7.66. The van der Waals surface area contributed by atoms with Crippen molar-refractivity contribution >= 4 is 35.1 Å². The van der Waals surface area contributed by atoms with Gasteiger partial charge in [0.1, 0.15) is 0 Å². The molecule has 0 spiro atoms. The summed E-state index contributed by atoms with van der Waals surface area (Å²) in [7, 11) is 1.24. The molecular weight excluding hydrogens is 184 g/mol. The minimum atomic E-state index is 0.675. The molecule has 0 atom stereocenters. The molecule has 0 radical (unpaired) electrons. The summed E-state index contributed by atoms with van der Waals surface area (Å²) in [6.45, 7) is 0. The molecule has 10 heavy (non-hydrogen) atoms. The Labute approximate surface area is 74.1 Å². The third kappa shape index (κ3) is 2.07. The SMILES string of the molecule is SCc1cnc(SS)nc1. The van der Waals surface area contributed by atoms with E-state index >= 15 is 0 Å². The van der Waals surface area contributed by atoms with Gasteiger partial charge in [-0.3, -0.25) is 0 Å². The summed E-state index contributed by atoms with van der Waals surface area (Å²) in [5.41, 5.74) is 1.02. The van der Waals surface area contributed by atoms with Crippen molar-refractivity contribution in [2.75, 3.05) is 0 Å². The van der Waals surface area contributed by atoms with Crippen LogP contribution in [-0.2, 0) is 5.75 Å². The van der Waals surface area contributed by atoms with Crippen LogP contribution in [-0.4, -0.2) is 9.97 Å². The fourth-order valence-electron chi connectivity index (χ4n) is 0.472. The third-order valence-electron chi connectivity index (χ3n) is 0.946. The lowest BCUT2D eigenvalue weighted by molar-refractivity contribution is 0.953. The molecule has 54 valence electrons. The molecule has 1 aromatic heterocycles. The average molecular weight is 190 g/mol. The Kier molecular flexibility index (Phi) is 3.37. The Balaban J connectivity index is 2.80. The Hall–Kier alpha value is 0.130. The van der Waals surface area contributed by atoms with Crippen molar-refractivity contribution < 1.29 is 0 Å². The van der Waals surface area contributed by atoms with Gasteiger partial charge in [0.2, 0.25) is 0 Å². The maximum atomic E-state index is 4.07. The van der Waals surface area contributed by atoms with Crippen molar-refractivity contribution in [3.63, 3.8) is 0 Å². The number of hydrogen-bond acceptors (Lipinski definition) is 5. The molecule has 1 rings (SSSR count). The highest BCUT2D eigenvalue weighted by molar-refractivity contribution is 8.68. The molecule has 0 saturated heterocycles. The van der Waals surface area contributed by atoms with Gasteiger partial charge in [0, 0.05) is 18.1 Å². The molecule has 0 saturated carbocycles. The Bertz CT molecular complexity index is 176. The van der Waals surface area contributed by atoms with E-state index in [4.69, 9.17) is 0 Å². The molecule has 0 unspecified atom stereocenters. The molecule has 5 heteroatoms. The first-order valence-corrected chi connectivity index (χ1v) is 5.10. The van der Waals surface area contributed by atoms with Crippen molar-refractivity contribution in [3.05, 3.63) is 18.0 Å². The molecule has 0 N–H and O–H groups in total. The van der Waals surface area contributed by atoms with E-state index in [-0.39, 0.29) is 0 Å². The van der Waals surface area contributed by atoms with E-state index in [9.17, 15) is 0 Å². The predicted molar refractivity (Wildman–Crippen MR) is 49.6 cm³/mol. The summed E-state index contributed by atoms with van der Waals surface area (Å²) in [6.07, 6.45) is 3.50. The van der Waals surface area contributed by atoms with Crippen molar-refractivity contribution in [2.45, 2.75) is 10.9 Å². The Morgan fingerprint density at radius 2 is 2.00 bits per heavy atom. The largest absolute Gasteiger partial charge is 0.230 e. The van der Waals surface area contributed by atoms with Crippen molar-refractivity contribution in [1.29, 1.82) is 0 Å². The van der Waals surface area contributed by atoms with E-state index in [0.29, 0.717) is 10.9 Å². The number of aromatic nitrogens is 2. The van der Waals surface area contributed by atoms with Crippen LogP contribution < -0.4 is 0 Å². The molecule has 0 bridgehead atoms. The summed E-state index contributed by atoms with van der Waals surface area (Å²) >= 11 is 8.01. The first kappa shape index (κ1) is 8.23. The van der Waals surface area contributed by atoms with E-state index in [0.717, 1.165) is 5.56 Å². The van der Waals surface area contributed by atoms with Crippen LogP contribution in [0.2, 0.25) is 0 Å². The second kappa shape index (κ2) is 4.10. The molecule has 0 aliphatic carbocycles. The van der Waals surface area contributed by atoms with Crippen molar-refractivity contribution in [2.24, 2.45) is 0 Å². The van der Waals surface area contributed by atoms with Gasteiger partial charge in [-0.1, -0.05) is 0 Å². The number of nitrogens with zero attached hydrogens (tertiary/aromatic N) is 2. The molecule has 2 nitrogen and oxygen atoms in total. The zero-order valence-electron chi connectivity index (χ0n) is 5.06. The zero-order chi connectivity index (χ0) is 7.40. The summed E-state index contributed by atoms with van der Waals surface area (Å²) in [5.74, 6) is 0.678. The first-order chi connectivity index (χ1) is 4.86. The van der Waals surface area contributed by atoms with Gasteiger partial charge in [0.25, 0.3) is 0 Å². The summed E-state index contributed by atoms with van der Waals surface area (Å²) in [6, 6.07) is 0. The molecule has 0 amide bonds. The van der Waals surface area contributed by atoms with Gasteiger partial charge in [-0.2, -0.15) is 12.6 Å². The van der Waals surface area contributed by atoms with Crippen LogP contribution in [0.1, 0.15) is 5.56 Å². The molecule has 1 heterocycles. The van der Waals surface area contributed by atoms with E-state index in [2.05, 4.69) is 34.3 Å². The van der Waals surface area contributed by atoms with Crippen LogP contribution in [0.3, 0.4) is 0 Å². The van der Waals surface area contributed by atoms with Crippen LogP contribution in [0.15, 0.2) is 17.6 Å². The van der Waals surface area contributed by atoms with Gasteiger partial charge < -0.3 is 0 Å². The Morgan fingerprint density at radius 1 is 1.40 bits per heavy atom. The maximum absolute atomic E-state index is 4.07. The standard InChI is InChI=1S/C5H6N2S3/c8-3-4-1-6-5(10-9)7-2-4/h1-2,8-9H,3H2. The van der Waals surface area contributed by atoms with E-state index in [1.807, 2.05) is 0 Å². The van der Waals surface area contributed by atoms with E-state index in [1.54, 1.807) is 12.4 Å². The monoisotopic (exact) mass is 190 g/mol. The number of rotatable bonds is 2. The lowest BCUT2D eigenvalue weighted by Crippen LogP contribution is -1.86. The van der Waals surface area contributed by atoms with E-state index < -0.39 is 0 Å². The topological polar surface area (TPSA) is 25.8 Å². The van der Waals surface area contributed by atoms with Crippen molar-refractivity contribution in [3.8, 4) is 0 Å². The summed E-state index contributed by atoms with van der Waals surface area (Å²) < 4.78 is 0. The molecular formula is C5H6N2S3. The van der Waals surface area contributed by atoms with Gasteiger partial charge in [-0.25, -0.2) is 9.97 Å². The smallest absolute Gasteiger partial charge is 0.198 e. The molecule has 0 aromatic carbocycles. The molecule has 1 aromatic rings. The fraction of sp³-hybridized carbons (Fsp3) is 0.200. The lowest BCUT2D eigenvalue weighted by atomic mass is 10.4. The van der Waals surface area contributed by atoms with Crippen LogP contribution in [0.5, 0.6) is 0 Å². The molecule has 0 aliphatic heterocycles. The number of thiol groups is 2. The van der Waals surface area contributed by atoms with Crippen LogP contribution in [0.25, 0.3) is 0 Å². The summed E-state index contributed by atoms with van der Waals surface area (Å²) in [5, 5.41) is 0.675. The highest BCUT2D eigenvalue weighted by Gasteiger charge is 1.92. The maximum Gasteiger partial charge on any atom is 0.198 e. The van der Waals surface area contributed by atoms with Crippen LogP contribution >= 0.6 is 35.1 Å². The third-order valence-corrected chi connectivity index (χ3v) is 2.18. The fourth-order valence-corrected chi connectivity index (χ4v) is 1.12. The number of hydrogen-bond donors (Lipinski definition) is 2. The van der Waals surface area contributed by atoms with E-state index in [1.165, 1.54) is 10.8 Å². The molecule has 0 aliphatic rings. The van der Waals surface area contributed by atoms with Gasteiger partial charge in [0.05, 0.1) is 0 Å². The van der Waals surface area contributed by atoms with Gasteiger partial charge in [-0.05, 0) is 16.4 Å². The van der Waals surface area contributed by atoms with Crippen molar-refractivity contribution in [1.82, 2.24) is 9.97 Å². The normalized spacial score (nSPS) is 9.80. The lowest BCUT2D eigenvalue weighted by Gasteiger charge is -1.94. The Morgan fingerprint density at radius 3 is 2.40 bits per heavy atom. The van der Waals surface area contributed by atoms with Crippen LogP contribution in [0, 0.1) is 0 Å². The minimum absolute atomic E-state index is 0.675.